The van der Waals surface area contributed by atoms with Gasteiger partial charge in [0.1, 0.15) is 0 Å². The first-order valence-corrected chi connectivity index (χ1v) is 5.42. The van der Waals surface area contributed by atoms with Crippen LogP contribution in [0.1, 0.15) is 48.5 Å². The number of nitrogens with zero attached hydrogens (tertiary/aromatic N) is 2. The predicted octanol–water partition coefficient (Wildman–Crippen LogP) is 3.11. The van der Waals surface area contributed by atoms with Crippen LogP contribution < -0.4 is 5.32 Å². The highest BCUT2D eigenvalue weighted by Gasteiger charge is 1.88. The molecule has 0 aromatic carbocycles. The summed E-state index contributed by atoms with van der Waals surface area (Å²) in [5.74, 6) is 1.82. The van der Waals surface area contributed by atoms with Crippen LogP contribution in [0.15, 0.2) is 9.98 Å². The van der Waals surface area contributed by atoms with E-state index in [9.17, 15) is 0 Å². The molecule has 14 heavy (non-hydrogen) atoms. The lowest BCUT2D eigenvalue weighted by atomic mass is 10.5. The standard InChI is InChI=1S/C7H15N3.2C2H6/c1-5-9-7(3)10-6(2)8-4;2*1-2/h5H2,1-4H3,(H,8,9,10);2*1-2H3. The zero-order valence-electron chi connectivity index (χ0n) is 11.1. The Kier molecular flexibility index (Phi) is 24.3. The molecular weight excluding hydrogens is 174 g/mol. The van der Waals surface area contributed by atoms with E-state index in [0.29, 0.717) is 0 Å². The normalized spacial score (nSPS) is 10.6. The zero-order valence-corrected chi connectivity index (χ0v) is 11.1. The third-order valence-electron chi connectivity index (χ3n) is 1.09. The van der Waals surface area contributed by atoms with Crippen LogP contribution in [0, 0.1) is 0 Å². The van der Waals surface area contributed by atoms with Gasteiger partial charge in [-0.1, -0.05) is 27.7 Å². The molecule has 0 heterocycles. The molecule has 86 valence electrons. The van der Waals surface area contributed by atoms with Crippen molar-refractivity contribution in [1.29, 1.82) is 0 Å². The van der Waals surface area contributed by atoms with Crippen LogP contribution in [-0.2, 0) is 0 Å². The maximum atomic E-state index is 4.14. The van der Waals surface area contributed by atoms with Gasteiger partial charge in [0, 0.05) is 13.6 Å². The molecule has 0 radical (unpaired) electrons. The van der Waals surface area contributed by atoms with Gasteiger partial charge in [-0.2, -0.15) is 0 Å². The molecule has 0 saturated carbocycles. The number of nitrogens with one attached hydrogen (secondary N) is 1. The zero-order chi connectivity index (χ0) is 12.0. The molecule has 0 spiro atoms. The molecule has 0 aliphatic carbocycles. The molecule has 0 unspecified atom stereocenters. The van der Waals surface area contributed by atoms with Gasteiger partial charge < -0.3 is 5.32 Å². The molecule has 0 rings (SSSR count). The van der Waals surface area contributed by atoms with Crippen LogP contribution in [0.25, 0.3) is 0 Å². The summed E-state index contributed by atoms with van der Waals surface area (Å²) in [6, 6.07) is 0. The number of hydrogen-bond acceptors (Lipinski definition) is 2. The minimum atomic E-state index is 0.815. The first-order chi connectivity index (χ1) is 6.70. The molecule has 0 bridgehead atoms. The molecule has 1 N–H and O–H groups in total. The average molecular weight is 201 g/mol. The van der Waals surface area contributed by atoms with Gasteiger partial charge in [-0.05, 0) is 20.8 Å². The summed E-state index contributed by atoms with van der Waals surface area (Å²) in [6.07, 6.45) is 0. The van der Waals surface area contributed by atoms with E-state index >= 15 is 0 Å². The lowest BCUT2D eigenvalue weighted by molar-refractivity contribution is 1.09. The molecule has 0 aliphatic rings. The van der Waals surface area contributed by atoms with Crippen molar-refractivity contribution in [3.8, 4) is 0 Å². The van der Waals surface area contributed by atoms with Crippen LogP contribution in [0.2, 0.25) is 0 Å². The van der Waals surface area contributed by atoms with Crippen LogP contribution >= 0.6 is 0 Å². The summed E-state index contributed by atoms with van der Waals surface area (Å²) in [6.45, 7) is 14.7. The topological polar surface area (TPSA) is 36.8 Å². The van der Waals surface area contributed by atoms with Gasteiger partial charge in [-0.3, -0.25) is 9.98 Å². The highest BCUT2D eigenvalue weighted by molar-refractivity contribution is 5.98. The highest BCUT2D eigenvalue weighted by atomic mass is 15.0. The van der Waals surface area contributed by atoms with Crippen LogP contribution in [0.5, 0.6) is 0 Å². The number of hydrogen-bond donors (Lipinski definition) is 1. The first-order valence-electron chi connectivity index (χ1n) is 5.42. The van der Waals surface area contributed by atoms with Crippen molar-refractivity contribution >= 4 is 11.7 Å². The maximum Gasteiger partial charge on any atom is 0.0984 e. The van der Waals surface area contributed by atoms with Crippen molar-refractivity contribution in [2.45, 2.75) is 48.5 Å². The molecule has 3 heteroatoms. The van der Waals surface area contributed by atoms with Gasteiger partial charge in [0.2, 0.25) is 0 Å². The van der Waals surface area contributed by atoms with E-state index in [-0.39, 0.29) is 0 Å². The van der Waals surface area contributed by atoms with E-state index in [2.05, 4.69) is 15.3 Å². The lowest BCUT2D eigenvalue weighted by Crippen LogP contribution is -2.25. The quantitative estimate of drug-likeness (QED) is 0.513. The second kappa shape index (κ2) is 18.0. The fourth-order valence-corrected chi connectivity index (χ4v) is 0.594. The summed E-state index contributed by atoms with van der Waals surface area (Å²) >= 11 is 0. The van der Waals surface area contributed by atoms with E-state index in [1.807, 2.05) is 48.5 Å². The fourth-order valence-electron chi connectivity index (χ4n) is 0.594. The Morgan fingerprint density at radius 3 is 1.71 bits per heavy atom. The summed E-state index contributed by atoms with van der Waals surface area (Å²) in [4.78, 5) is 8.07. The minimum Gasteiger partial charge on any atom is -0.333 e. The molecule has 0 atom stereocenters. The van der Waals surface area contributed by atoms with E-state index in [1.54, 1.807) is 7.05 Å². The fraction of sp³-hybridized carbons (Fsp3) is 0.818. The molecule has 0 amide bonds. The Morgan fingerprint density at radius 2 is 1.43 bits per heavy atom. The van der Waals surface area contributed by atoms with Gasteiger partial charge in [-0.15, -0.1) is 0 Å². The Hall–Kier alpha value is -0.860. The average Bonchev–Trinajstić information content (AvgIpc) is 2.24. The van der Waals surface area contributed by atoms with Gasteiger partial charge in [-0.25, -0.2) is 0 Å². The summed E-state index contributed by atoms with van der Waals surface area (Å²) in [7, 11) is 1.75. The highest BCUT2D eigenvalue weighted by Crippen LogP contribution is 1.74. The van der Waals surface area contributed by atoms with Gasteiger partial charge in [0.05, 0.1) is 11.7 Å². The molecular formula is C11H27N3. The van der Waals surface area contributed by atoms with E-state index in [0.717, 1.165) is 18.2 Å². The smallest absolute Gasteiger partial charge is 0.0984 e. The SMILES string of the molecule is CC.CC.CCN=C(C)NC(C)=NC. The van der Waals surface area contributed by atoms with Crippen molar-refractivity contribution in [3.63, 3.8) is 0 Å². The third-order valence-corrected chi connectivity index (χ3v) is 1.09. The van der Waals surface area contributed by atoms with Gasteiger partial charge in [0.25, 0.3) is 0 Å². The predicted molar refractivity (Wildman–Crippen MR) is 68.5 cm³/mol. The molecule has 3 nitrogen and oxygen atoms in total. The Morgan fingerprint density at radius 1 is 1.00 bits per heavy atom. The maximum absolute atomic E-state index is 4.14. The van der Waals surface area contributed by atoms with Gasteiger partial charge >= 0.3 is 0 Å². The second-order valence-electron chi connectivity index (χ2n) is 1.99. The van der Waals surface area contributed by atoms with Crippen LogP contribution in [-0.4, -0.2) is 25.3 Å². The van der Waals surface area contributed by atoms with Crippen molar-refractivity contribution in [2.75, 3.05) is 13.6 Å². The van der Waals surface area contributed by atoms with Crippen LogP contribution in [0.3, 0.4) is 0 Å². The first kappa shape index (κ1) is 18.8. The van der Waals surface area contributed by atoms with Crippen molar-refractivity contribution in [2.24, 2.45) is 9.98 Å². The monoisotopic (exact) mass is 201 g/mol. The largest absolute Gasteiger partial charge is 0.333 e. The summed E-state index contributed by atoms with van der Waals surface area (Å²) < 4.78 is 0. The van der Waals surface area contributed by atoms with Crippen molar-refractivity contribution in [1.82, 2.24) is 5.32 Å². The van der Waals surface area contributed by atoms with Crippen molar-refractivity contribution in [3.05, 3.63) is 0 Å². The van der Waals surface area contributed by atoms with Crippen molar-refractivity contribution < 1.29 is 0 Å². The second-order valence-corrected chi connectivity index (χ2v) is 1.99. The molecule has 0 aromatic heterocycles. The van der Waals surface area contributed by atoms with E-state index in [1.165, 1.54) is 0 Å². The number of rotatable bonds is 1. The number of amidine groups is 2. The Labute approximate surface area is 89.7 Å². The van der Waals surface area contributed by atoms with Crippen LogP contribution in [0.4, 0.5) is 0 Å². The Balaban J connectivity index is -0.000000266. The van der Waals surface area contributed by atoms with E-state index in [4.69, 9.17) is 0 Å². The Bertz CT molecular complexity index is 149. The molecule has 0 aliphatic heterocycles. The molecule has 0 aromatic rings. The lowest BCUT2D eigenvalue weighted by Gasteiger charge is -2.01. The minimum absolute atomic E-state index is 0.815. The third kappa shape index (κ3) is 17.3. The molecule has 0 fully saturated rings. The van der Waals surface area contributed by atoms with E-state index < -0.39 is 0 Å². The summed E-state index contributed by atoms with van der Waals surface area (Å²) in [5.41, 5.74) is 0. The summed E-state index contributed by atoms with van der Waals surface area (Å²) in [5, 5.41) is 3.03. The molecule has 0 saturated heterocycles. The number of aliphatic imine (C=N–C) groups is 2. The van der Waals surface area contributed by atoms with Gasteiger partial charge in [0.15, 0.2) is 0 Å².